The largest absolute Gasteiger partial charge is 0.381 e. The Morgan fingerprint density at radius 2 is 2.56 bits per heavy atom. The van der Waals surface area contributed by atoms with Crippen molar-refractivity contribution in [3.8, 4) is 0 Å². The average Bonchev–Trinajstić information content (AvgIpc) is 2.45. The SMILES string of the molecule is O=C(NC/C=C/c1cccnc1)C1CCCOC1. The van der Waals surface area contributed by atoms with Crippen molar-refractivity contribution in [2.45, 2.75) is 12.8 Å². The average molecular weight is 246 g/mol. The molecule has 0 spiro atoms. The number of ether oxygens (including phenoxy) is 1. The Bertz CT molecular complexity index is 398. The quantitative estimate of drug-likeness (QED) is 0.878. The van der Waals surface area contributed by atoms with Gasteiger partial charge in [-0.3, -0.25) is 9.78 Å². The zero-order valence-electron chi connectivity index (χ0n) is 10.3. The maximum atomic E-state index is 11.8. The Labute approximate surface area is 107 Å². The number of hydrogen-bond acceptors (Lipinski definition) is 3. The van der Waals surface area contributed by atoms with Gasteiger partial charge in [-0.2, -0.15) is 0 Å². The smallest absolute Gasteiger partial charge is 0.225 e. The second-order valence-electron chi connectivity index (χ2n) is 4.35. The number of nitrogens with zero attached hydrogens (tertiary/aromatic N) is 1. The lowest BCUT2D eigenvalue weighted by molar-refractivity contribution is -0.128. The summed E-state index contributed by atoms with van der Waals surface area (Å²) in [5.41, 5.74) is 1.03. The molecule has 18 heavy (non-hydrogen) atoms. The van der Waals surface area contributed by atoms with E-state index in [4.69, 9.17) is 4.74 Å². The molecule has 1 aliphatic heterocycles. The predicted octanol–water partition coefficient (Wildman–Crippen LogP) is 1.64. The normalized spacial score (nSPS) is 19.9. The highest BCUT2D eigenvalue weighted by atomic mass is 16.5. The van der Waals surface area contributed by atoms with Crippen molar-refractivity contribution in [1.82, 2.24) is 10.3 Å². The van der Waals surface area contributed by atoms with Crippen molar-refractivity contribution in [3.63, 3.8) is 0 Å². The second kappa shape index (κ2) is 6.91. The standard InChI is InChI=1S/C14H18N2O2/c17-14(13-6-3-9-18-11-13)16-8-2-5-12-4-1-7-15-10-12/h1-2,4-5,7,10,13H,3,6,8-9,11H2,(H,16,17)/b5-2+. The van der Waals surface area contributed by atoms with Crippen molar-refractivity contribution < 1.29 is 9.53 Å². The highest BCUT2D eigenvalue weighted by Gasteiger charge is 2.20. The van der Waals surface area contributed by atoms with Crippen LogP contribution in [-0.4, -0.2) is 30.6 Å². The molecule has 4 heteroatoms. The summed E-state index contributed by atoms with van der Waals surface area (Å²) in [5.74, 6) is 0.107. The predicted molar refractivity (Wildman–Crippen MR) is 69.8 cm³/mol. The minimum Gasteiger partial charge on any atom is -0.381 e. The topological polar surface area (TPSA) is 51.2 Å². The van der Waals surface area contributed by atoms with Gasteiger partial charge in [-0.15, -0.1) is 0 Å². The molecule has 1 saturated heterocycles. The molecule has 0 radical (unpaired) electrons. The van der Waals surface area contributed by atoms with Gasteiger partial charge >= 0.3 is 0 Å². The van der Waals surface area contributed by atoms with Crippen molar-refractivity contribution in [3.05, 3.63) is 36.2 Å². The highest BCUT2D eigenvalue weighted by molar-refractivity contribution is 5.79. The number of aromatic nitrogens is 1. The summed E-state index contributed by atoms with van der Waals surface area (Å²) in [6.45, 7) is 1.88. The monoisotopic (exact) mass is 246 g/mol. The summed E-state index contributed by atoms with van der Waals surface area (Å²) in [4.78, 5) is 15.8. The minimum atomic E-state index is 0.0190. The Kier molecular flexibility index (Phi) is 4.90. The first-order valence-corrected chi connectivity index (χ1v) is 6.28. The van der Waals surface area contributed by atoms with Crippen molar-refractivity contribution in [1.29, 1.82) is 0 Å². The van der Waals surface area contributed by atoms with E-state index in [-0.39, 0.29) is 11.8 Å². The van der Waals surface area contributed by atoms with Gasteiger partial charge in [-0.1, -0.05) is 18.2 Å². The van der Waals surface area contributed by atoms with Crippen molar-refractivity contribution in [2.24, 2.45) is 5.92 Å². The van der Waals surface area contributed by atoms with Gasteiger partial charge in [0, 0.05) is 25.5 Å². The van der Waals surface area contributed by atoms with E-state index in [1.54, 1.807) is 12.4 Å². The van der Waals surface area contributed by atoms with E-state index in [0.29, 0.717) is 13.2 Å². The molecule has 1 aliphatic rings. The molecule has 1 aromatic heterocycles. The maximum absolute atomic E-state index is 11.8. The summed E-state index contributed by atoms with van der Waals surface area (Å²) in [6.07, 6.45) is 9.31. The summed E-state index contributed by atoms with van der Waals surface area (Å²) in [5, 5.41) is 2.90. The van der Waals surface area contributed by atoms with Gasteiger partial charge in [-0.05, 0) is 24.5 Å². The molecule has 96 valence electrons. The zero-order valence-corrected chi connectivity index (χ0v) is 10.3. The van der Waals surface area contributed by atoms with Gasteiger partial charge in [0.15, 0.2) is 0 Å². The summed E-state index contributed by atoms with van der Waals surface area (Å²) >= 11 is 0. The van der Waals surface area contributed by atoms with E-state index in [2.05, 4.69) is 10.3 Å². The van der Waals surface area contributed by atoms with Crippen LogP contribution in [0.3, 0.4) is 0 Å². The minimum absolute atomic E-state index is 0.0190. The third-order valence-electron chi connectivity index (χ3n) is 2.92. The van der Waals surface area contributed by atoms with E-state index in [1.165, 1.54) is 0 Å². The molecule has 4 nitrogen and oxygen atoms in total. The first-order valence-electron chi connectivity index (χ1n) is 6.28. The number of hydrogen-bond donors (Lipinski definition) is 1. The van der Waals surface area contributed by atoms with Crippen molar-refractivity contribution in [2.75, 3.05) is 19.8 Å². The van der Waals surface area contributed by atoms with Crippen LogP contribution in [0.2, 0.25) is 0 Å². The fourth-order valence-electron chi connectivity index (χ4n) is 1.92. The number of carbonyl (C=O) groups is 1. The Balaban J connectivity index is 1.71. The third-order valence-corrected chi connectivity index (χ3v) is 2.92. The van der Waals surface area contributed by atoms with Gasteiger partial charge in [0.2, 0.25) is 5.91 Å². The fourth-order valence-corrected chi connectivity index (χ4v) is 1.92. The van der Waals surface area contributed by atoms with E-state index in [9.17, 15) is 4.79 Å². The lowest BCUT2D eigenvalue weighted by Gasteiger charge is -2.20. The molecule has 1 N–H and O–H groups in total. The first kappa shape index (κ1) is 12.8. The van der Waals surface area contributed by atoms with E-state index in [0.717, 1.165) is 25.0 Å². The van der Waals surface area contributed by atoms with Gasteiger partial charge in [-0.25, -0.2) is 0 Å². The summed E-state index contributed by atoms with van der Waals surface area (Å²) in [7, 11) is 0. The van der Waals surface area contributed by atoms with Gasteiger partial charge < -0.3 is 10.1 Å². The molecular formula is C14H18N2O2. The lowest BCUT2D eigenvalue weighted by atomic mass is 10.0. The van der Waals surface area contributed by atoms with Gasteiger partial charge in [0.25, 0.3) is 0 Å². The molecule has 1 atom stereocenters. The molecule has 0 aromatic carbocycles. The highest BCUT2D eigenvalue weighted by Crippen LogP contribution is 2.13. The molecule has 2 heterocycles. The molecule has 2 rings (SSSR count). The fraction of sp³-hybridized carbons (Fsp3) is 0.429. The molecule has 1 amide bonds. The lowest BCUT2D eigenvalue weighted by Crippen LogP contribution is -2.35. The van der Waals surface area contributed by atoms with Crippen LogP contribution >= 0.6 is 0 Å². The van der Waals surface area contributed by atoms with Gasteiger partial charge in [0.05, 0.1) is 12.5 Å². The zero-order chi connectivity index (χ0) is 12.6. The Morgan fingerprint density at radius 3 is 3.28 bits per heavy atom. The summed E-state index contributed by atoms with van der Waals surface area (Å²) < 4.78 is 5.29. The number of carbonyl (C=O) groups excluding carboxylic acids is 1. The van der Waals surface area contributed by atoms with Crippen LogP contribution in [0.5, 0.6) is 0 Å². The Morgan fingerprint density at radius 1 is 1.61 bits per heavy atom. The van der Waals surface area contributed by atoms with Crippen LogP contribution < -0.4 is 5.32 Å². The molecule has 0 aliphatic carbocycles. The third kappa shape index (κ3) is 3.96. The molecule has 1 unspecified atom stereocenters. The van der Waals surface area contributed by atoms with Crippen LogP contribution in [0.4, 0.5) is 0 Å². The molecule has 1 fully saturated rings. The number of rotatable bonds is 4. The van der Waals surface area contributed by atoms with Crippen LogP contribution in [0.25, 0.3) is 6.08 Å². The maximum Gasteiger partial charge on any atom is 0.225 e. The van der Waals surface area contributed by atoms with Crippen molar-refractivity contribution >= 4 is 12.0 Å². The summed E-state index contributed by atoms with van der Waals surface area (Å²) in [6, 6.07) is 3.86. The van der Waals surface area contributed by atoms with Gasteiger partial charge in [0.1, 0.15) is 0 Å². The van der Waals surface area contributed by atoms with Crippen LogP contribution in [0, 0.1) is 5.92 Å². The van der Waals surface area contributed by atoms with Crippen LogP contribution in [-0.2, 0) is 9.53 Å². The number of pyridine rings is 1. The number of nitrogens with one attached hydrogen (secondary N) is 1. The van der Waals surface area contributed by atoms with E-state index < -0.39 is 0 Å². The number of amides is 1. The molecule has 0 saturated carbocycles. The molecular weight excluding hydrogens is 228 g/mol. The first-order chi connectivity index (χ1) is 8.86. The molecule has 1 aromatic rings. The second-order valence-corrected chi connectivity index (χ2v) is 4.35. The van der Waals surface area contributed by atoms with Crippen LogP contribution in [0.1, 0.15) is 18.4 Å². The van der Waals surface area contributed by atoms with E-state index in [1.807, 2.05) is 24.3 Å². The van der Waals surface area contributed by atoms with Crippen LogP contribution in [0.15, 0.2) is 30.6 Å². The molecule has 0 bridgehead atoms. The van der Waals surface area contributed by atoms with E-state index >= 15 is 0 Å². The Hall–Kier alpha value is -1.68.